The van der Waals surface area contributed by atoms with Gasteiger partial charge < -0.3 is 15.6 Å². The largest absolute Gasteiger partial charge is 0.494 e. The SMILES string of the molecule is COc1ccc(CC(CN)CO)cc1F. The van der Waals surface area contributed by atoms with Gasteiger partial charge in [0, 0.05) is 6.61 Å². The third-order valence-electron chi connectivity index (χ3n) is 2.33. The molecule has 1 unspecified atom stereocenters. The van der Waals surface area contributed by atoms with Gasteiger partial charge in [0.2, 0.25) is 0 Å². The third kappa shape index (κ3) is 3.18. The number of hydrogen-bond acceptors (Lipinski definition) is 3. The van der Waals surface area contributed by atoms with Crippen molar-refractivity contribution >= 4 is 0 Å². The molecule has 0 aromatic heterocycles. The van der Waals surface area contributed by atoms with Gasteiger partial charge in [0.15, 0.2) is 11.6 Å². The Morgan fingerprint density at radius 3 is 2.73 bits per heavy atom. The summed E-state index contributed by atoms with van der Waals surface area (Å²) in [6, 6.07) is 4.77. The first-order valence-corrected chi connectivity index (χ1v) is 4.84. The molecule has 1 atom stereocenters. The molecule has 84 valence electrons. The highest BCUT2D eigenvalue weighted by Gasteiger charge is 2.09. The van der Waals surface area contributed by atoms with Crippen LogP contribution in [0.2, 0.25) is 0 Å². The van der Waals surface area contributed by atoms with E-state index in [1.165, 1.54) is 13.2 Å². The van der Waals surface area contributed by atoms with Gasteiger partial charge in [-0.25, -0.2) is 4.39 Å². The van der Waals surface area contributed by atoms with Gasteiger partial charge in [-0.2, -0.15) is 0 Å². The number of rotatable bonds is 5. The maximum absolute atomic E-state index is 13.3. The molecule has 3 N–H and O–H groups in total. The molecule has 0 radical (unpaired) electrons. The van der Waals surface area contributed by atoms with Gasteiger partial charge in [-0.15, -0.1) is 0 Å². The molecular formula is C11H16FNO2. The zero-order chi connectivity index (χ0) is 11.3. The Morgan fingerprint density at radius 2 is 2.27 bits per heavy atom. The van der Waals surface area contributed by atoms with Crippen LogP contribution in [0.25, 0.3) is 0 Å². The highest BCUT2D eigenvalue weighted by Crippen LogP contribution is 2.19. The summed E-state index contributed by atoms with van der Waals surface area (Å²) >= 11 is 0. The van der Waals surface area contributed by atoms with Gasteiger partial charge in [0.1, 0.15) is 0 Å². The van der Waals surface area contributed by atoms with Crippen molar-refractivity contribution in [2.24, 2.45) is 11.7 Å². The van der Waals surface area contributed by atoms with E-state index in [4.69, 9.17) is 15.6 Å². The first-order valence-electron chi connectivity index (χ1n) is 4.84. The van der Waals surface area contributed by atoms with E-state index in [0.29, 0.717) is 13.0 Å². The molecule has 1 aromatic rings. The minimum absolute atomic E-state index is 0.0159. The molecule has 0 bridgehead atoms. The topological polar surface area (TPSA) is 55.5 Å². The van der Waals surface area contributed by atoms with Crippen LogP contribution in [0.15, 0.2) is 18.2 Å². The molecule has 0 aliphatic carbocycles. The second kappa shape index (κ2) is 5.68. The maximum atomic E-state index is 13.3. The summed E-state index contributed by atoms with van der Waals surface area (Å²) < 4.78 is 18.1. The van der Waals surface area contributed by atoms with Crippen molar-refractivity contribution in [1.82, 2.24) is 0 Å². The van der Waals surface area contributed by atoms with Gasteiger partial charge in [0.05, 0.1) is 7.11 Å². The lowest BCUT2D eigenvalue weighted by atomic mass is 10.00. The molecule has 0 fully saturated rings. The van der Waals surface area contributed by atoms with E-state index < -0.39 is 0 Å². The molecule has 1 aromatic carbocycles. The van der Waals surface area contributed by atoms with Gasteiger partial charge in [-0.05, 0) is 36.6 Å². The second-order valence-electron chi connectivity index (χ2n) is 3.46. The highest BCUT2D eigenvalue weighted by molar-refractivity contribution is 5.29. The minimum atomic E-state index is -0.385. The van der Waals surface area contributed by atoms with E-state index in [1.54, 1.807) is 12.1 Å². The number of halogens is 1. The van der Waals surface area contributed by atoms with Crippen LogP contribution in [0.4, 0.5) is 4.39 Å². The fourth-order valence-electron chi connectivity index (χ4n) is 1.39. The summed E-state index contributed by atoms with van der Waals surface area (Å²) in [6.07, 6.45) is 0.577. The molecular weight excluding hydrogens is 197 g/mol. The number of benzene rings is 1. The first-order chi connectivity index (χ1) is 7.21. The van der Waals surface area contributed by atoms with E-state index in [2.05, 4.69) is 0 Å². The molecule has 1 rings (SSSR count). The molecule has 15 heavy (non-hydrogen) atoms. The van der Waals surface area contributed by atoms with Gasteiger partial charge >= 0.3 is 0 Å². The van der Waals surface area contributed by atoms with Crippen molar-refractivity contribution in [2.75, 3.05) is 20.3 Å². The molecule has 0 amide bonds. The number of ether oxygens (including phenoxy) is 1. The number of methoxy groups -OCH3 is 1. The van der Waals surface area contributed by atoms with Crippen LogP contribution in [-0.2, 0) is 6.42 Å². The lowest BCUT2D eigenvalue weighted by molar-refractivity contribution is 0.229. The van der Waals surface area contributed by atoms with E-state index in [1.807, 2.05) is 0 Å². The van der Waals surface area contributed by atoms with Crippen molar-refractivity contribution < 1.29 is 14.2 Å². The van der Waals surface area contributed by atoms with Crippen LogP contribution >= 0.6 is 0 Å². The first kappa shape index (κ1) is 11.9. The highest BCUT2D eigenvalue weighted by atomic mass is 19.1. The lowest BCUT2D eigenvalue weighted by Gasteiger charge is -2.11. The van der Waals surface area contributed by atoms with Crippen molar-refractivity contribution in [3.05, 3.63) is 29.6 Å². The Morgan fingerprint density at radius 1 is 1.53 bits per heavy atom. The van der Waals surface area contributed by atoms with Crippen LogP contribution in [-0.4, -0.2) is 25.4 Å². The van der Waals surface area contributed by atoms with Crippen molar-refractivity contribution in [3.8, 4) is 5.75 Å². The number of aliphatic hydroxyl groups excluding tert-OH is 1. The molecule has 0 heterocycles. The summed E-state index contributed by atoms with van der Waals surface area (Å²) in [5.41, 5.74) is 6.26. The number of aliphatic hydroxyl groups is 1. The van der Waals surface area contributed by atoms with Crippen molar-refractivity contribution in [1.29, 1.82) is 0 Å². The number of nitrogens with two attached hydrogens (primary N) is 1. The van der Waals surface area contributed by atoms with E-state index in [9.17, 15) is 4.39 Å². The Labute approximate surface area is 88.7 Å². The molecule has 0 aliphatic rings. The predicted molar refractivity (Wildman–Crippen MR) is 56.3 cm³/mol. The normalized spacial score (nSPS) is 12.5. The zero-order valence-electron chi connectivity index (χ0n) is 8.74. The second-order valence-corrected chi connectivity index (χ2v) is 3.46. The average molecular weight is 213 g/mol. The van der Waals surface area contributed by atoms with Gasteiger partial charge in [0.25, 0.3) is 0 Å². The van der Waals surface area contributed by atoms with E-state index >= 15 is 0 Å². The fraction of sp³-hybridized carbons (Fsp3) is 0.455. The molecule has 0 saturated carbocycles. The van der Waals surface area contributed by atoms with Crippen LogP contribution in [0.5, 0.6) is 5.75 Å². The quantitative estimate of drug-likeness (QED) is 0.765. The summed E-state index contributed by atoms with van der Waals surface area (Å²) in [7, 11) is 1.43. The van der Waals surface area contributed by atoms with E-state index in [-0.39, 0.29) is 24.1 Å². The molecule has 0 saturated heterocycles. The zero-order valence-corrected chi connectivity index (χ0v) is 8.74. The molecule has 0 spiro atoms. The Kier molecular flexibility index (Phi) is 4.52. The minimum Gasteiger partial charge on any atom is -0.494 e. The van der Waals surface area contributed by atoms with Gasteiger partial charge in [-0.1, -0.05) is 6.07 Å². The standard InChI is InChI=1S/C11H16FNO2/c1-15-11-3-2-8(5-10(11)12)4-9(6-13)7-14/h2-3,5,9,14H,4,6-7,13H2,1H3. The smallest absolute Gasteiger partial charge is 0.165 e. The Balaban J connectivity index is 2.74. The predicted octanol–water partition coefficient (Wildman–Crippen LogP) is 0.944. The fourth-order valence-corrected chi connectivity index (χ4v) is 1.39. The molecule has 0 aliphatic heterocycles. The third-order valence-corrected chi connectivity index (χ3v) is 2.33. The Hall–Kier alpha value is -1.13. The molecule has 3 nitrogen and oxygen atoms in total. The lowest BCUT2D eigenvalue weighted by Crippen LogP contribution is -2.20. The molecule has 4 heteroatoms. The average Bonchev–Trinajstić information content (AvgIpc) is 2.26. The maximum Gasteiger partial charge on any atom is 0.165 e. The summed E-state index contributed by atoms with van der Waals surface area (Å²) in [6.45, 7) is 0.411. The van der Waals surface area contributed by atoms with Crippen LogP contribution < -0.4 is 10.5 Å². The van der Waals surface area contributed by atoms with Crippen LogP contribution in [0, 0.1) is 11.7 Å². The van der Waals surface area contributed by atoms with Crippen molar-refractivity contribution in [3.63, 3.8) is 0 Å². The monoisotopic (exact) mass is 213 g/mol. The summed E-state index contributed by atoms with van der Waals surface area (Å²) in [4.78, 5) is 0. The Bertz CT molecular complexity index is 313. The van der Waals surface area contributed by atoms with Crippen molar-refractivity contribution in [2.45, 2.75) is 6.42 Å². The van der Waals surface area contributed by atoms with Crippen LogP contribution in [0.3, 0.4) is 0 Å². The summed E-state index contributed by atoms with van der Waals surface area (Å²) in [5.74, 6) is -0.173. The van der Waals surface area contributed by atoms with Gasteiger partial charge in [-0.3, -0.25) is 0 Å². The van der Waals surface area contributed by atoms with Crippen LogP contribution in [0.1, 0.15) is 5.56 Å². The number of hydrogen-bond donors (Lipinski definition) is 2. The summed E-state index contributed by atoms with van der Waals surface area (Å²) in [5, 5.41) is 8.96. The van der Waals surface area contributed by atoms with E-state index in [0.717, 1.165) is 5.56 Å².